The fraction of sp³-hybridized carbons (Fsp3) is 0.692. The largest absolute Gasteiger partial charge is 0.341 e. The molecule has 0 atom stereocenters. The van der Waals surface area contributed by atoms with Crippen LogP contribution in [0.15, 0.2) is 12.4 Å². The Labute approximate surface area is 103 Å². The third-order valence-corrected chi connectivity index (χ3v) is 3.57. The number of nitrogens with two attached hydrogens (primary N) is 1. The smallest absolute Gasteiger partial charge is 0.225 e. The van der Waals surface area contributed by atoms with Gasteiger partial charge in [-0.05, 0) is 43.7 Å². The van der Waals surface area contributed by atoms with Gasteiger partial charge in [-0.15, -0.1) is 0 Å². The number of nitrogens with zero attached hydrogens (tertiary/aromatic N) is 3. The molecule has 4 heteroatoms. The predicted octanol–water partition coefficient (Wildman–Crippen LogP) is 1.60. The molecular formula is C13H22N4. The zero-order valence-electron chi connectivity index (χ0n) is 10.6. The molecule has 0 aliphatic carbocycles. The standard InChI is InChI=1S/C13H22N4/c1-2-11-9-15-13(16-10-11)17-7-4-12(3-6-14)5-8-17/h9-10,12H,2-8,14H2,1H3. The van der Waals surface area contributed by atoms with Crippen molar-refractivity contribution in [1.82, 2.24) is 9.97 Å². The average Bonchev–Trinajstić information content (AvgIpc) is 2.40. The third-order valence-electron chi connectivity index (χ3n) is 3.57. The van der Waals surface area contributed by atoms with Gasteiger partial charge in [0.15, 0.2) is 0 Å². The monoisotopic (exact) mass is 234 g/mol. The lowest BCUT2D eigenvalue weighted by Gasteiger charge is -2.31. The fourth-order valence-corrected chi connectivity index (χ4v) is 2.35. The van der Waals surface area contributed by atoms with Crippen LogP contribution in [0.4, 0.5) is 5.95 Å². The van der Waals surface area contributed by atoms with E-state index < -0.39 is 0 Å². The van der Waals surface area contributed by atoms with Crippen molar-refractivity contribution < 1.29 is 0 Å². The van der Waals surface area contributed by atoms with Crippen LogP contribution in [0.25, 0.3) is 0 Å². The van der Waals surface area contributed by atoms with Crippen LogP contribution in [0.1, 0.15) is 31.7 Å². The first kappa shape index (κ1) is 12.3. The second kappa shape index (κ2) is 5.96. The topological polar surface area (TPSA) is 55.0 Å². The average molecular weight is 234 g/mol. The molecule has 1 aliphatic heterocycles. The quantitative estimate of drug-likeness (QED) is 0.860. The molecule has 0 bridgehead atoms. The van der Waals surface area contributed by atoms with Crippen molar-refractivity contribution in [3.8, 4) is 0 Å². The number of rotatable bonds is 4. The van der Waals surface area contributed by atoms with Gasteiger partial charge >= 0.3 is 0 Å². The zero-order valence-corrected chi connectivity index (χ0v) is 10.6. The van der Waals surface area contributed by atoms with Crippen LogP contribution in [0, 0.1) is 5.92 Å². The van der Waals surface area contributed by atoms with Gasteiger partial charge in [-0.25, -0.2) is 9.97 Å². The van der Waals surface area contributed by atoms with Crippen molar-refractivity contribution in [2.24, 2.45) is 11.7 Å². The molecule has 1 fully saturated rings. The summed E-state index contributed by atoms with van der Waals surface area (Å²) in [4.78, 5) is 11.2. The molecule has 0 radical (unpaired) electrons. The van der Waals surface area contributed by atoms with Crippen LogP contribution in [0.3, 0.4) is 0 Å². The molecule has 1 aromatic heterocycles. The molecular weight excluding hydrogens is 212 g/mol. The normalized spacial score (nSPS) is 17.4. The van der Waals surface area contributed by atoms with Gasteiger partial charge in [0.05, 0.1) is 0 Å². The van der Waals surface area contributed by atoms with E-state index in [4.69, 9.17) is 5.73 Å². The molecule has 0 unspecified atom stereocenters. The lowest BCUT2D eigenvalue weighted by Crippen LogP contribution is -2.35. The molecule has 1 aliphatic rings. The molecule has 4 nitrogen and oxygen atoms in total. The van der Waals surface area contributed by atoms with Crippen molar-refractivity contribution >= 4 is 5.95 Å². The van der Waals surface area contributed by atoms with E-state index in [0.717, 1.165) is 44.3 Å². The summed E-state index contributed by atoms with van der Waals surface area (Å²) in [6, 6.07) is 0. The molecule has 1 aromatic rings. The van der Waals surface area contributed by atoms with E-state index >= 15 is 0 Å². The maximum atomic E-state index is 5.60. The van der Waals surface area contributed by atoms with Crippen LogP contribution < -0.4 is 10.6 Å². The second-order valence-electron chi connectivity index (χ2n) is 4.75. The van der Waals surface area contributed by atoms with Gasteiger partial charge in [-0.1, -0.05) is 6.92 Å². The predicted molar refractivity (Wildman–Crippen MR) is 70.0 cm³/mol. The van der Waals surface area contributed by atoms with Gasteiger partial charge in [0.25, 0.3) is 0 Å². The number of hydrogen-bond acceptors (Lipinski definition) is 4. The van der Waals surface area contributed by atoms with Gasteiger partial charge in [0.2, 0.25) is 5.95 Å². The number of aryl methyl sites for hydroxylation is 1. The lowest BCUT2D eigenvalue weighted by atomic mass is 9.94. The Morgan fingerprint density at radius 2 is 1.94 bits per heavy atom. The highest BCUT2D eigenvalue weighted by Gasteiger charge is 2.20. The van der Waals surface area contributed by atoms with E-state index in [0.29, 0.717) is 0 Å². The Hall–Kier alpha value is -1.16. The highest BCUT2D eigenvalue weighted by atomic mass is 15.2. The highest BCUT2D eigenvalue weighted by Crippen LogP contribution is 2.22. The van der Waals surface area contributed by atoms with Crippen molar-refractivity contribution in [2.45, 2.75) is 32.6 Å². The summed E-state index contributed by atoms with van der Waals surface area (Å²) in [5, 5.41) is 0. The third kappa shape index (κ3) is 3.16. The molecule has 17 heavy (non-hydrogen) atoms. The van der Waals surface area contributed by atoms with Crippen molar-refractivity contribution in [3.05, 3.63) is 18.0 Å². The molecule has 2 N–H and O–H groups in total. The Kier molecular flexibility index (Phi) is 4.31. The highest BCUT2D eigenvalue weighted by molar-refractivity contribution is 5.30. The zero-order chi connectivity index (χ0) is 12.1. The molecule has 2 heterocycles. The van der Waals surface area contributed by atoms with E-state index in [-0.39, 0.29) is 0 Å². The van der Waals surface area contributed by atoms with Crippen molar-refractivity contribution in [1.29, 1.82) is 0 Å². The summed E-state index contributed by atoms with van der Waals surface area (Å²) in [7, 11) is 0. The molecule has 0 aromatic carbocycles. The van der Waals surface area contributed by atoms with E-state index in [1.807, 2.05) is 12.4 Å². The van der Waals surface area contributed by atoms with Crippen LogP contribution >= 0.6 is 0 Å². The fourth-order valence-electron chi connectivity index (χ4n) is 2.35. The van der Waals surface area contributed by atoms with Crippen LogP contribution in [-0.2, 0) is 6.42 Å². The van der Waals surface area contributed by atoms with E-state index in [9.17, 15) is 0 Å². The Morgan fingerprint density at radius 3 is 2.47 bits per heavy atom. The van der Waals surface area contributed by atoms with Gasteiger partial charge in [-0.3, -0.25) is 0 Å². The molecule has 0 amide bonds. The summed E-state index contributed by atoms with van der Waals surface area (Å²) >= 11 is 0. The van der Waals surface area contributed by atoms with Crippen molar-refractivity contribution in [2.75, 3.05) is 24.5 Å². The molecule has 94 valence electrons. The van der Waals surface area contributed by atoms with Crippen LogP contribution in [0.5, 0.6) is 0 Å². The van der Waals surface area contributed by atoms with Crippen LogP contribution in [0.2, 0.25) is 0 Å². The number of aromatic nitrogens is 2. The Morgan fingerprint density at radius 1 is 1.29 bits per heavy atom. The minimum atomic E-state index is 0.797. The second-order valence-corrected chi connectivity index (χ2v) is 4.75. The lowest BCUT2D eigenvalue weighted by molar-refractivity contribution is 0.383. The summed E-state index contributed by atoms with van der Waals surface area (Å²) < 4.78 is 0. The van der Waals surface area contributed by atoms with Gasteiger partial charge in [-0.2, -0.15) is 0 Å². The first-order valence-electron chi connectivity index (χ1n) is 6.59. The Bertz CT molecular complexity index is 328. The van der Waals surface area contributed by atoms with E-state index in [2.05, 4.69) is 21.8 Å². The van der Waals surface area contributed by atoms with Gasteiger partial charge in [0, 0.05) is 25.5 Å². The minimum Gasteiger partial charge on any atom is -0.341 e. The molecule has 0 saturated carbocycles. The first-order chi connectivity index (χ1) is 8.33. The maximum Gasteiger partial charge on any atom is 0.225 e. The van der Waals surface area contributed by atoms with Gasteiger partial charge in [0.1, 0.15) is 0 Å². The summed E-state index contributed by atoms with van der Waals surface area (Å²) in [6.07, 6.45) is 8.47. The van der Waals surface area contributed by atoms with Crippen molar-refractivity contribution in [3.63, 3.8) is 0 Å². The molecule has 1 saturated heterocycles. The van der Waals surface area contributed by atoms with E-state index in [1.165, 1.54) is 18.4 Å². The SMILES string of the molecule is CCc1cnc(N2CCC(CCN)CC2)nc1. The summed E-state index contributed by atoms with van der Waals surface area (Å²) in [6.45, 7) is 5.06. The summed E-state index contributed by atoms with van der Waals surface area (Å²) in [5.74, 6) is 1.68. The molecule has 0 spiro atoms. The van der Waals surface area contributed by atoms with Crippen LogP contribution in [-0.4, -0.2) is 29.6 Å². The maximum absolute atomic E-state index is 5.60. The Balaban J connectivity index is 1.91. The van der Waals surface area contributed by atoms with E-state index in [1.54, 1.807) is 0 Å². The number of anilines is 1. The molecule has 2 rings (SSSR count). The van der Waals surface area contributed by atoms with Gasteiger partial charge < -0.3 is 10.6 Å². The first-order valence-corrected chi connectivity index (χ1v) is 6.59. The number of hydrogen-bond donors (Lipinski definition) is 1. The number of piperidine rings is 1. The summed E-state index contributed by atoms with van der Waals surface area (Å²) in [5.41, 5.74) is 6.80. The minimum absolute atomic E-state index is 0.797.